The minimum Gasteiger partial charge on any atom is -0.493 e. The number of alkyl halides is 3. The molecule has 0 aliphatic carbocycles. The molecule has 0 saturated heterocycles. The van der Waals surface area contributed by atoms with Gasteiger partial charge >= 0.3 is 15.6 Å². The van der Waals surface area contributed by atoms with Crippen molar-refractivity contribution in [3.05, 3.63) is 23.8 Å². The summed E-state index contributed by atoms with van der Waals surface area (Å²) >= 11 is 0. The summed E-state index contributed by atoms with van der Waals surface area (Å²) in [6.07, 6.45) is 1.88. The number of aldehydes is 1. The Morgan fingerprint density at radius 3 is 2.33 bits per heavy atom. The molecule has 0 N–H and O–H groups in total. The lowest BCUT2D eigenvalue weighted by molar-refractivity contribution is -0.0500. The topological polar surface area (TPSA) is 69.7 Å². The highest BCUT2D eigenvalue weighted by Crippen LogP contribution is 2.29. The second-order valence-corrected chi connectivity index (χ2v) is 5.58. The van der Waals surface area contributed by atoms with Crippen LogP contribution in [0.25, 0.3) is 0 Å². The predicted octanol–water partition coefficient (Wildman–Crippen LogP) is 2.91. The van der Waals surface area contributed by atoms with Crippen molar-refractivity contribution in [2.45, 2.75) is 25.3 Å². The smallest absolute Gasteiger partial charge is 0.493 e. The normalized spacial score (nSPS) is 12.0. The van der Waals surface area contributed by atoms with Crippen LogP contribution in [0.2, 0.25) is 0 Å². The zero-order chi connectivity index (χ0) is 16.1. The average Bonchev–Trinajstić information content (AvgIpc) is 2.37. The summed E-state index contributed by atoms with van der Waals surface area (Å²) in [5, 5.41) is 0. The standard InChI is InChI=1S/C12H13F3O5S/c1-2-3-4-19-10-5-9(8-16)6-11(7-10)20-21(17,18)12(13,14)15/h5-8H,2-4H2,1H3. The largest absolute Gasteiger partial charge is 0.534 e. The third-order valence-electron chi connectivity index (χ3n) is 2.29. The zero-order valence-electron chi connectivity index (χ0n) is 11.0. The van der Waals surface area contributed by atoms with Crippen LogP contribution in [0.3, 0.4) is 0 Å². The van der Waals surface area contributed by atoms with Crippen LogP contribution in [0, 0.1) is 0 Å². The van der Waals surface area contributed by atoms with Gasteiger partial charge in [0.2, 0.25) is 0 Å². The van der Waals surface area contributed by atoms with E-state index in [4.69, 9.17) is 4.74 Å². The Bertz CT molecular complexity index is 595. The van der Waals surface area contributed by atoms with Gasteiger partial charge in [-0.2, -0.15) is 21.6 Å². The molecule has 0 atom stereocenters. The fourth-order valence-electron chi connectivity index (χ4n) is 1.30. The van der Waals surface area contributed by atoms with Crippen LogP contribution in [-0.2, 0) is 10.1 Å². The fourth-order valence-corrected chi connectivity index (χ4v) is 1.75. The number of benzene rings is 1. The lowest BCUT2D eigenvalue weighted by atomic mass is 10.2. The van der Waals surface area contributed by atoms with Gasteiger partial charge in [0.25, 0.3) is 0 Å². The molecule has 21 heavy (non-hydrogen) atoms. The molecule has 118 valence electrons. The maximum Gasteiger partial charge on any atom is 0.534 e. The molecule has 5 nitrogen and oxygen atoms in total. The Morgan fingerprint density at radius 1 is 1.19 bits per heavy atom. The highest BCUT2D eigenvalue weighted by atomic mass is 32.2. The summed E-state index contributed by atoms with van der Waals surface area (Å²) in [5.41, 5.74) is -5.61. The van der Waals surface area contributed by atoms with Crippen molar-refractivity contribution in [3.8, 4) is 11.5 Å². The monoisotopic (exact) mass is 326 g/mol. The van der Waals surface area contributed by atoms with Crippen molar-refractivity contribution in [1.29, 1.82) is 0 Å². The van der Waals surface area contributed by atoms with Crippen molar-refractivity contribution in [3.63, 3.8) is 0 Å². The van der Waals surface area contributed by atoms with Crippen LogP contribution in [0.15, 0.2) is 18.2 Å². The summed E-state index contributed by atoms with van der Waals surface area (Å²) in [6.45, 7) is 2.19. The van der Waals surface area contributed by atoms with Crippen LogP contribution >= 0.6 is 0 Å². The van der Waals surface area contributed by atoms with Gasteiger partial charge in [-0.25, -0.2) is 0 Å². The number of rotatable bonds is 7. The first-order chi connectivity index (χ1) is 9.69. The highest BCUT2D eigenvalue weighted by Gasteiger charge is 2.48. The molecule has 1 rings (SSSR count). The number of halogens is 3. The number of ether oxygens (including phenoxy) is 1. The van der Waals surface area contributed by atoms with E-state index in [1.54, 1.807) is 0 Å². The SMILES string of the molecule is CCCCOc1cc(C=O)cc(OS(=O)(=O)C(F)(F)F)c1. The van der Waals surface area contributed by atoms with Gasteiger partial charge in [0.1, 0.15) is 17.8 Å². The predicted molar refractivity (Wildman–Crippen MR) is 67.8 cm³/mol. The molecule has 0 radical (unpaired) electrons. The van der Waals surface area contributed by atoms with Gasteiger partial charge in [-0.1, -0.05) is 13.3 Å². The van der Waals surface area contributed by atoms with Gasteiger partial charge in [0, 0.05) is 11.6 Å². The maximum atomic E-state index is 12.2. The lowest BCUT2D eigenvalue weighted by Crippen LogP contribution is -2.28. The first-order valence-electron chi connectivity index (χ1n) is 5.93. The Kier molecular flexibility index (Phi) is 5.59. The van der Waals surface area contributed by atoms with Crippen LogP contribution in [-0.4, -0.2) is 26.8 Å². The van der Waals surface area contributed by atoms with E-state index >= 15 is 0 Å². The molecule has 0 amide bonds. The number of carbonyl (C=O) groups is 1. The molecule has 0 saturated carbocycles. The number of carbonyl (C=O) groups excluding carboxylic acids is 1. The summed E-state index contributed by atoms with van der Waals surface area (Å²) in [6, 6.07) is 3.13. The molecule has 1 aromatic rings. The first-order valence-corrected chi connectivity index (χ1v) is 7.34. The van der Waals surface area contributed by atoms with E-state index in [2.05, 4.69) is 4.18 Å². The van der Waals surface area contributed by atoms with E-state index in [0.29, 0.717) is 12.7 Å². The molecule has 1 aromatic carbocycles. The molecule has 0 fully saturated rings. The molecular formula is C12H13F3O5S. The minimum atomic E-state index is -5.79. The molecule has 9 heteroatoms. The van der Waals surface area contributed by atoms with Gasteiger partial charge in [0.15, 0.2) is 0 Å². The summed E-state index contributed by atoms with van der Waals surface area (Å²) in [7, 11) is -5.79. The van der Waals surface area contributed by atoms with E-state index in [1.807, 2.05) is 6.92 Å². The first kappa shape index (κ1) is 17.3. The van der Waals surface area contributed by atoms with Gasteiger partial charge in [0.05, 0.1) is 6.61 Å². The van der Waals surface area contributed by atoms with Crippen molar-refractivity contribution in [2.75, 3.05) is 6.61 Å². The maximum absolute atomic E-state index is 12.2. The van der Waals surface area contributed by atoms with Crippen molar-refractivity contribution in [2.24, 2.45) is 0 Å². The van der Waals surface area contributed by atoms with Crippen molar-refractivity contribution >= 4 is 16.4 Å². The minimum absolute atomic E-state index is 0.0559. The molecular weight excluding hydrogens is 313 g/mol. The van der Waals surface area contributed by atoms with Crippen molar-refractivity contribution < 1.29 is 35.3 Å². The molecule has 0 aliphatic rings. The lowest BCUT2D eigenvalue weighted by Gasteiger charge is -2.11. The molecule has 0 unspecified atom stereocenters. The van der Waals surface area contributed by atoms with E-state index in [9.17, 15) is 26.4 Å². The molecule has 0 aliphatic heterocycles. The zero-order valence-corrected chi connectivity index (χ0v) is 11.8. The third-order valence-corrected chi connectivity index (χ3v) is 3.27. The summed E-state index contributed by atoms with van der Waals surface area (Å²) < 4.78 is 67.7. The Hall–Kier alpha value is -1.77. The van der Waals surface area contributed by atoms with Gasteiger partial charge in [-0.15, -0.1) is 0 Å². The molecule has 0 bridgehead atoms. The summed E-state index contributed by atoms with van der Waals surface area (Å²) in [4.78, 5) is 10.7. The second-order valence-electron chi connectivity index (χ2n) is 4.04. The number of hydrogen-bond donors (Lipinski definition) is 0. The van der Waals surface area contributed by atoms with Crippen LogP contribution in [0.1, 0.15) is 30.1 Å². The fraction of sp³-hybridized carbons (Fsp3) is 0.417. The second kappa shape index (κ2) is 6.79. The summed E-state index contributed by atoms with van der Waals surface area (Å²) in [5.74, 6) is -0.580. The number of unbranched alkanes of at least 4 members (excludes halogenated alkanes) is 1. The van der Waals surface area contributed by atoms with Crippen molar-refractivity contribution in [1.82, 2.24) is 0 Å². The Morgan fingerprint density at radius 2 is 1.81 bits per heavy atom. The third kappa shape index (κ3) is 4.92. The quantitative estimate of drug-likeness (QED) is 0.333. The number of hydrogen-bond acceptors (Lipinski definition) is 5. The highest BCUT2D eigenvalue weighted by molar-refractivity contribution is 7.88. The van der Waals surface area contributed by atoms with Crippen LogP contribution in [0.5, 0.6) is 11.5 Å². The molecule has 0 heterocycles. The Balaban J connectivity index is 3.02. The van der Waals surface area contributed by atoms with E-state index in [0.717, 1.165) is 18.6 Å². The van der Waals surface area contributed by atoms with Crippen LogP contribution in [0.4, 0.5) is 13.2 Å². The molecule has 0 aromatic heterocycles. The van der Waals surface area contributed by atoms with Gasteiger partial charge < -0.3 is 8.92 Å². The Labute approximate surface area is 119 Å². The van der Waals surface area contributed by atoms with Crippen LogP contribution < -0.4 is 8.92 Å². The van der Waals surface area contributed by atoms with E-state index in [-0.39, 0.29) is 17.9 Å². The molecule has 0 spiro atoms. The van der Waals surface area contributed by atoms with Gasteiger partial charge in [-0.3, -0.25) is 4.79 Å². The average molecular weight is 326 g/mol. The van der Waals surface area contributed by atoms with E-state index < -0.39 is 21.4 Å². The van der Waals surface area contributed by atoms with Gasteiger partial charge in [-0.05, 0) is 18.6 Å². The van der Waals surface area contributed by atoms with E-state index in [1.165, 1.54) is 6.07 Å².